The van der Waals surface area contributed by atoms with Crippen LogP contribution in [0, 0.1) is 20.8 Å². The average Bonchev–Trinajstić information content (AvgIpc) is 2.38. The number of hydrogen-bond donors (Lipinski definition) is 0. The number of carbonyl (C=O) groups excluding carboxylic acids is 1. The molecule has 1 aliphatic heterocycles. The van der Waals surface area contributed by atoms with Crippen LogP contribution in [0.3, 0.4) is 0 Å². The van der Waals surface area contributed by atoms with Gasteiger partial charge in [-0.15, -0.1) is 0 Å². The monoisotopic (exact) mass is 231 g/mol. The molecule has 0 saturated carbocycles. The van der Waals surface area contributed by atoms with Gasteiger partial charge in [0.25, 0.3) is 0 Å². The van der Waals surface area contributed by atoms with E-state index in [1.165, 1.54) is 5.56 Å². The van der Waals surface area contributed by atoms with Crippen molar-refractivity contribution in [2.75, 3.05) is 0 Å². The number of carbonyl (C=O) groups is 1. The molecule has 0 saturated heterocycles. The van der Waals surface area contributed by atoms with E-state index in [-0.39, 0.29) is 5.97 Å². The van der Waals surface area contributed by atoms with Crippen LogP contribution in [0.25, 0.3) is 0 Å². The summed E-state index contributed by atoms with van der Waals surface area (Å²) in [5.74, 6) is 0.168. The fraction of sp³-hybridized carbons (Fsp3) is 0.429. The van der Waals surface area contributed by atoms with Crippen molar-refractivity contribution in [3.63, 3.8) is 0 Å². The van der Waals surface area contributed by atoms with Gasteiger partial charge in [-0.1, -0.05) is 17.7 Å². The van der Waals surface area contributed by atoms with Gasteiger partial charge in [0.15, 0.2) is 5.54 Å². The molecule has 0 N–H and O–H groups in total. The van der Waals surface area contributed by atoms with Crippen molar-refractivity contribution >= 4 is 11.9 Å². The molecule has 3 heteroatoms. The molecule has 1 aliphatic rings. The lowest BCUT2D eigenvalue weighted by Crippen LogP contribution is -2.25. The van der Waals surface area contributed by atoms with Crippen LogP contribution in [-0.2, 0) is 9.53 Å². The van der Waals surface area contributed by atoms with Crippen LogP contribution in [-0.4, -0.2) is 17.4 Å². The summed E-state index contributed by atoms with van der Waals surface area (Å²) in [5, 5.41) is 0. The Kier molecular flexibility index (Phi) is 2.57. The summed E-state index contributed by atoms with van der Waals surface area (Å²) < 4.78 is 5.28. The first-order valence-corrected chi connectivity index (χ1v) is 5.71. The Morgan fingerprint density at radius 1 is 1.12 bits per heavy atom. The number of aliphatic imine (C=N–C) groups is 1. The minimum Gasteiger partial charge on any atom is -0.405 e. The maximum absolute atomic E-state index is 11.6. The van der Waals surface area contributed by atoms with Crippen molar-refractivity contribution < 1.29 is 9.53 Å². The van der Waals surface area contributed by atoms with Gasteiger partial charge < -0.3 is 4.74 Å². The number of cyclic esters (lactones) is 1. The summed E-state index contributed by atoms with van der Waals surface area (Å²) in [6.07, 6.45) is 0. The highest BCUT2D eigenvalue weighted by molar-refractivity contribution is 6.09. The fourth-order valence-corrected chi connectivity index (χ4v) is 2.16. The molecule has 0 fully saturated rings. The van der Waals surface area contributed by atoms with Crippen LogP contribution >= 0.6 is 0 Å². The third-order valence-corrected chi connectivity index (χ3v) is 2.96. The molecule has 0 radical (unpaired) electrons. The summed E-state index contributed by atoms with van der Waals surface area (Å²) in [6, 6.07) is 4.15. The second kappa shape index (κ2) is 3.69. The van der Waals surface area contributed by atoms with Crippen molar-refractivity contribution in [1.82, 2.24) is 0 Å². The first-order chi connectivity index (χ1) is 7.81. The molecule has 0 bridgehead atoms. The molecule has 1 heterocycles. The summed E-state index contributed by atoms with van der Waals surface area (Å²) in [4.78, 5) is 16.0. The average molecular weight is 231 g/mol. The molecule has 3 nitrogen and oxygen atoms in total. The highest BCUT2D eigenvalue weighted by Crippen LogP contribution is 2.26. The molecule has 2 rings (SSSR count). The minimum atomic E-state index is -0.765. The number of aryl methyl sites for hydroxylation is 3. The number of ether oxygens (including phenoxy) is 1. The molecule has 17 heavy (non-hydrogen) atoms. The third-order valence-electron chi connectivity index (χ3n) is 2.96. The zero-order valence-electron chi connectivity index (χ0n) is 10.9. The molecule has 90 valence electrons. The molecule has 0 aromatic heterocycles. The zero-order chi connectivity index (χ0) is 12.8. The largest absolute Gasteiger partial charge is 0.405 e. The maximum atomic E-state index is 11.6. The van der Waals surface area contributed by atoms with Gasteiger partial charge in [-0.25, -0.2) is 9.79 Å². The SMILES string of the molecule is Cc1cc(C)c(C2=NC(C)(C)C(=O)O2)c(C)c1. The second-order valence-corrected chi connectivity index (χ2v) is 5.14. The minimum absolute atomic E-state index is 0.285. The Hall–Kier alpha value is -1.64. The fourth-order valence-electron chi connectivity index (χ4n) is 2.16. The van der Waals surface area contributed by atoms with Crippen LogP contribution in [0.15, 0.2) is 17.1 Å². The second-order valence-electron chi connectivity index (χ2n) is 5.14. The molecule has 1 aromatic rings. The van der Waals surface area contributed by atoms with Gasteiger partial charge >= 0.3 is 5.97 Å². The Balaban J connectivity index is 2.54. The van der Waals surface area contributed by atoms with Gasteiger partial charge in [0, 0.05) is 5.56 Å². The maximum Gasteiger partial charge on any atom is 0.340 e. The van der Waals surface area contributed by atoms with E-state index in [0.717, 1.165) is 16.7 Å². The standard InChI is InChI=1S/C14H17NO2/c1-8-6-9(2)11(10(3)7-8)12-15-14(4,5)13(16)17-12/h6-7H,1-5H3. The predicted molar refractivity (Wildman–Crippen MR) is 67.4 cm³/mol. The lowest BCUT2D eigenvalue weighted by molar-refractivity contribution is -0.137. The van der Waals surface area contributed by atoms with Gasteiger partial charge in [0.05, 0.1) is 0 Å². The molecular weight excluding hydrogens is 214 g/mol. The zero-order valence-corrected chi connectivity index (χ0v) is 10.9. The van der Waals surface area contributed by atoms with Crippen molar-refractivity contribution in [3.05, 3.63) is 34.4 Å². The van der Waals surface area contributed by atoms with Gasteiger partial charge in [0.1, 0.15) is 0 Å². The van der Waals surface area contributed by atoms with E-state index in [2.05, 4.69) is 24.0 Å². The van der Waals surface area contributed by atoms with Crippen molar-refractivity contribution in [1.29, 1.82) is 0 Å². The topological polar surface area (TPSA) is 38.7 Å². The number of benzene rings is 1. The molecule has 0 atom stereocenters. The Morgan fingerprint density at radius 2 is 1.65 bits per heavy atom. The smallest absolute Gasteiger partial charge is 0.340 e. The van der Waals surface area contributed by atoms with Gasteiger partial charge in [-0.05, 0) is 45.7 Å². The molecular formula is C14H17NO2. The van der Waals surface area contributed by atoms with Crippen LogP contribution in [0.4, 0.5) is 0 Å². The molecule has 1 aromatic carbocycles. The van der Waals surface area contributed by atoms with E-state index in [4.69, 9.17) is 4.74 Å². The van der Waals surface area contributed by atoms with Crippen molar-refractivity contribution in [2.24, 2.45) is 4.99 Å². The van der Waals surface area contributed by atoms with Crippen LogP contribution in [0.2, 0.25) is 0 Å². The van der Waals surface area contributed by atoms with E-state index >= 15 is 0 Å². The summed E-state index contributed by atoms with van der Waals surface area (Å²) in [6.45, 7) is 9.60. The molecule has 0 unspecified atom stereocenters. The summed E-state index contributed by atoms with van der Waals surface area (Å²) in [7, 11) is 0. The van der Waals surface area contributed by atoms with E-state index in [0.29, 0.717) is 5.90 Å². The Labute approximate surface area is 102 Å². The summed E-state index contributed by atoms with van der Waals surface area (Å²) >= 11 is 0. The highest BCUT2D eigenvalue weighted by Gasteiger charge is 2.38. The van der Waals surface area contributed by atoms with Gasteiger partial charge in [-0.3, -0.25) is 0 Å². The van der Waals surface area contributed by atoms with E-state index in [9.17, 15) is 4.79 Å². The predicted octanol–water partition coefficient (Wildman–Crippen LogP) is 2.69. The van der Waals surface area contributed by atoms with E-state index < -0.39 is 5.54 Å². The molecule has 0 aliphatic carbocycles. The number of esters is 1. The molecule has 0 amide bonds. The Bertz CT molecular complexity index is 504. The van der Waals surface area contributed by atoms with Crippen LogP contribution in [0.1, 0.15) is 36.1 Å². The summed E-state index contributed by atoms with van der Waals surface area (Å²) in [5.41, 5.74) is 3.56. The van der Waals surface area contributed by atoms with Crippen molar-refractivity contribution in [3.8, 4) is 0 Å². The highest BCUT2D eigenvalue weighted by atomic mass is 16.6. The van der Waals surface area contributed by atoms with Gasteiger partial charge in [-0.2, -0.15) is 0 Å². The third kappa shape index (κ3) is 1.97. The number of nitrogens with zero attached hydrogens (tertiary/aromatic N) is 1. The first-order valence-electron chi connectivity index (χ1n) is 5.71. The lowest BCUT2D eigenvalue weighted by atomic mass is 9.99. The van der Waals surface area contributed by atoms with Gasteiger partial charge in [0.2, 0.25) is 5.90 Å². The quantitative estimate of drug-likeness (QED) is 0.697. The van der Waals surface area contributed by atoms with Crippen LogP contribution < -0.4 is 0 Å². The Morgan fingerprint density at radius 3 is 2.06 bits per heavy atom. The lowest BCUT2D eigenvalue weighted by Gasteiger charge is -2.09. The first kappa shape index (κ1) is 11.8. The van der Waals surface area contributed by atoms with E-state index in [1.54, 1.807) is 13.8 Å². The molecule has 0 spiro atoms. The number of hydrogen-bond acceptors (Lipinski definition) is 3. The number of rotatable bonds is 1. The normalized spacial score (nSPS) is 17.9. The van der Waals surface area contributed by atoms with Crippen molar-refractivity contribution in [2.45, 2.75) is 40.2 Å². The van der Waals surface area contributed by atoms with Crippen LogP contribution in [0.5, 0.6) is 0 Å². The van der Waals surface area contributed by atoms with E-state index in [1.807, 2.05) is 13.8 Å².